The molecule has 0 aliphatic heterocycles. The molecule has 0 heterocycles. The van der Waals surface area contributed by atoms with Crippen molar-refractivity contribution < 1.29 is 4.79 Å². The van der Waals surface area contributed by atoms with Crippen molar-refractivity contribution in [3.63, 3.8) is 0 Å². The van der Waals surface area contributed by atoms with Crippen molar-refractivity contribution in [2.24, 2.45) is 5.10 Å². The number of hydrazone groups is 1. The molecule has 1 aromatic carbocycles. The Morgan fingerprint density at radius 2 is 2.11 bits per heavy atom. The zero-order valence-corrected chi connectivity index (χ0v) is 11.9. The highest BCUT2D eigenvalue weighted by molar-refractivity contribution is 6.38. The van der Waals surface area contributed by atoms with E-state index in [1.165, 1.54) is 0 Å². The predicted molar refractivity (Wildman–Crippen MR) is 80.6 cm³/mol. The number of nitrogens with zero attached hydrogens (tertiary/aromatic N) is 2. The molecule has 0 fully saturated rings. The average Bonchev–Trinajstić information content (AvgIpc) is 2.41. The van der Waals surface area contributed by atoms with Crippen LogP contribution in [-0.2, 0) is 4.79 Å². The normalized spacial score (nSPS) is 11.0. The fourth-order valence-corrected chi connectivity index (χ4v) is 1.56. The van der Waals surface area contributed by atoms with Crippen molar-refractivity contribution >= 4 is 28.9 Å². The SMILES string of the molecule is C=CCN(C)C(=O)/C(CC)=N/Nc1ccc(Cl)cc1. The number of amides is 1. The van der Waals surface area contributed by atoms with Gasteiger partial charge in [-0.25, -0.2) is 0 Å². The summed E-state index contributed by atoms with van der Waals surface area (Å²) in [5, 5.41) is 4.80. The number of carbonyl (C=O) groups excluding carboxylic acids is 1. The molecule has 1 aromatic rings. The Balaban J connectivity index is 2.73. The minimum atomic E-state index is -0.108. The van der Waals surface area contributed by atoms with Crippen molar-refractivity contribution in [1.82, 2.24) is 4.90 Å². The number of nitrogens with one attached hydrogen (secondary N) is 1. The third kappa shape index (κ3) is 4.75. The second-order valence-corrected chi connectivity index (χ2v) is 4.44. The first kappa shape index (κ1) is 15.2. The lowest BCUT2D eigenvalue weighted by Gasteiger charge is -2.15. The number of carbonyl (C=O) groups is 1. The maximum absolute atomic E-state index is 12.0. The summed E-state index contributed by atoms with van der Waals surface area (Å²) in [6.45, 7) is 6.00. The highest BCUT2D eigenvalue weighted by Crippen LogP contribution is 2.13. The van der Waals surface area contributed by atoms with Gasteiger partial charge in [0, 0.05) is 18.6 Å². The third-order valence-corrected chi connectivity index (χ3v) is 2.75. The van der Waals surface area contributed by atoms with E-state index in [4.69, 9.17) is 11.6 Å². The van der Waals surface area contributed by atoms with Gasteiger partial charge in [0.25, 0.3) is 5.91 Å². The summed E-state index contributed by atoms with van der Waals surface area (Å²) < 4.78 is 0. The zero-order valence-electron chi connectivity index (χ0n) is 11.2. The molecule has 1 N–H and O–H groups in total. The van der Waals surface area contributed by atoms with E-state index in [0.717, 1.165) is 5.69 Å². The van der Waals surface area contributed by atoms with Crippen LogP contribution in [0, 0.1) is 0 Å². The van der Waals surface area contributed by atoms with Crippen molar-refractivity contribution in [3.05, 3.63) is 41.9 Å². The van der Waals surface area contributed by atoms with Crippen LogP contribution in [0.2, 0.25) is 5.02 Å². The number of anilines is 1. The topological polar surface area (TPSA) is 44.7 Å². The molecule has 19 heavy (non-hydrogen) atoms. The Labute approximate surface area is 118 Å². The molecule has 0 aliphatic carbocycles. The maximum Gasteiger partial charge on any atom is 0.270 e. The Morgan fingerprint density at radius 3 is 2.63 bits per heavy atom. The minimum Gasteiger partial charge on any atom is -0.337 e. The molecular formula is C14H18ClN3O. The van der Waals surface area contributed by atoms with Crippen LogP contribution < -0.4 is 5.43 Å². The first-order chi connectivity index (χ1) is 9.08. The maximum atomic E-state index is 12.0. The van der Waals surface area contributed by atoms with E-state index in [1.54, 1.807) is 42.3 Å². The van der Waals surface area contributed by atoms with Gasteiger partial charge in [-0.2, -0.15) is 5.10 Å². The molecule has 0 saturated carbocycles. The Hall–Kier alpha value is -1.81. The second-order valence-electron chi connectivity index (χ2n) is 4.01. The van der Waals surface area contributed by atoms with E-state index in [2.05, 4.69) is 17.1 Å². The lowest BCUT2D eigenvalue weighted by molar-refractivity contribution is -0.122. The lowest BCUT2D eigenvalue weighted by atomic mass is 10.2. The molecule has 0 saturated heterocycles. The summed E-state index contributed by atoms with van der Waals surface area (Å²) >= 11 is 5.79. The summed E-state index contributed by atoms with van der Waals surface area (Å²) in [5.74, 6) is -0.108. The molecule has 0 bridgehead atoms. The van der Waals surface area contributed by atoms with Gasteiger partial charge in [-0.1, -0.05) is 24.6 Å². The van der Waals surface area contributed by atoms with E-state index in [-0.39, 0.29) is 5.91 Å². The van der Waals surface area contributed by atoms with Crippen LogP contribution >= 0.6 is 11.6 Å². The van der Waals surface area contributed by atoms with E-state index < -0.39 is 0 Å². The molecule has 0 unspecified atom stereocenters. The lowest BCUT2D eigenvalue weighted by Crippen LogP contribution is -2.33. The molecule has 0 spiro atoms. The van der Waals surface area contributed by atoms with Crippen molar-refractivity contribution in [3.8, 4) is 0 Å². The van der Waals surface area contributed by atoms with Crippen molar-refractivity contribution in [2.45, 2.75) is 13.3 Å². The summed E-state index contributed by atoms with van der Waals surface area (Å²) in [6, 6.07) is 7.13. The molecule has 1 rings (SSSR count). The highest BCUT2D eigenvalue weighted by Gasteiger charge is 2.13. The van der Waals surface area contributed by atoms with E-state index >= 15 is 0 Å². The van der Waals surface area contributed by atoms with Gasteiger partial charge in [-0.15, -0.1) is 6.58 Å². The molecular weight excluding hydrogens is 262 g/mol. The third-order valence-electron chi connectivity index (χ3n) is 2.50. The Morgan fingerprint density at radius 1 is 1.47 bits per heavy atom. The summed E-state index contributed by atoms with van der Waals surface area (Å²) in [7, 11) is 1.72. The number of likely N-dealkylation sites (N-methyl/N-ethyl adjacent to an activating group) is 1. The standard InChI is InChI=1S/C14H18ClN3O/c1-4-10-18(3)14(19)13(5-2)17-16-12-8-6-11(15)7-9-12/h4,6-9,16H,1,5,10H2,2-3H3/b17-13+. The number of halogens is 1. The quantitative estimate of drug-likeness (QED) is 0.494. The van der Waals surface area contributed by atoms with Crippen molar-refractivity contribution in [2.75, 3.05) is 19.0 Å². The van der Waals surface area contributed by atoms with Gasteiger partial charge in [0.2, 0.25) is 0 Å². The first-order valence-electron chi connectivity index (χ1n) is 6.03. The molecule has 1 amide bonds. The van der Waals surface area contributed by atoms with Crippen LogP contribution in [0.25, 0.3) is 0 Å². The average molecular weight is 280 g/mol. The smallest absolute Gasteiger partial charge is 0.270 e. The van der Waals surface area contributed by atoms with Gasteiger partial charge in [-0.3, -0.25) is 10.2 Å². The first-order valence-corrected chi connectivity index (χ1v) is 6.40. The summed E-state index contributed by atoms with van der Waals surface area (Å²) in [4.78, 5) is 13.6. The minimum absolute atomic E-state index is 0.108. The van der Waals surface area contributed by atoms with Gasteiger partial charge >= 0.3 is 0 Å². The molecule has 0 aliphatic rings. The van der Waals surface area contributed by atoms with Crippen LogP contribution in [0.15, 0.2) is 42.0 Å². The molecule has 0 radical (unpaired) electrons. The van der Waals surface area contributed by atoms with Gasteiger partial charge in [0.05, 0.1) is 5.69 Å². The van der Waals surface area contributed by atoms with Gasteiger partial charge < -0.3 is 4.90 Å². The Kier molecular flexibility index (Phi) is 6.09. The highest BCUT2D eigenvalue weighted by atomic mass is 35.5. The van der Waals surface area contributed by atoms with Crippen LogP contribution in [0.3, 0.4) is 0 Å². The largest absolute Gasteiger partial charge is 0.337 e. The number of hydrogen-bond donors (Lipinski definition) is 1. The van der Waals surface area contributed by atoms with Crippen LogP contribution in [0.4, 0.5) is 5.69 Å². The van der Waals surface area contributed by atoms with Crippen LogP contribution in [-0.4, -0.2) is 30.1 Å². The van der Waals surface area contributed by atoms with Gasteiger partial charge in [-0.05, 0) is 30.7 Å². The fraction of sp³-hybridized carbons (Fsp3) is 0.286. The molecule has 0 aromatic heterocycles. The van der Waals surface area contributed by atoms with Crippen molar-refractivity contribution in [1.29, 1.82) is 0 Å². The van der Waals surface area contributed by atoms with E-state index in [9.17, 15) is 4.79 Å². The van der Waals surface area contributed by atoms with Crippen LogP contribution in [0.5, 0.6) is 0 Å². The molecule has 5 heteroatoms. The molecule has 102 valence electrons. The number of rotatable bonds is 6. The predicted octanol–water partition coefficient (Wildman–Crippen LogP) is 3.16. The summed E-state index contributed by atoms with van der Waals surface area (Å²) in [5.41, 5.74) is 4.11. The zero-order chi connectivity index (χ0) is 14.3. The van der Waals surface area contributed by atoms with Gasteiger partial charge in [0.15, 0.2) is 0 Å². The molecule has 0 atom stereocenters. The van der Waals surface area contributed by atoms with E-state index in [0.29, 0.717) is 23.7 Å². The number of hydrogen-bond acceptors (Lipinski definition) is 3. The fourth-order valence-electron chi connectivity index (χ4n) is 1.43. The second kappa shape index (κ2) is 7.59. The molecule has 4 nitrogen and oxygen atoms in total. The van der Waals surface area contributed by atoms with E-state index in [1.807, 2.05) is 6.92 Å². The van der Waals surface area contributed by atoms with Gasteiger partial charge in [0.1, 0.15) is 5.71 Å². The monoisotopic (exact) mass is 279 g/mol. The summed E-state index contributed by atoms with van der Waals surface area (Å²) in [6.07, 6.45) is 2.23. The number of benzene rings is 1. The van der Waals surface area contributed by atoms with Crippen LogP contribution in [0.1, 0.15) is 13.3 Å². The Bertz CT molecular complexity index is 468.